The van der Waals surface area contributed by atoms with Crippen LogP contribution in [-0.2, 0) is 33.7 Å². The van der Waals surface area contributed by atoms with E-state index in [0.717, 1.165) is 12.0 Å². The molecule has 156 valence electrons. The second-order valence-corrected chi connectivity index (χ2v) is 8.03. The maximum Gasteiger partial charge on any atom is 0.307 e. The zero-order chi connectivity index (χ0) is 21.1. The van der Waals surface area contributed by atoms with E-state index >= 15 is 0 Å². The van der Waals surface area contributed by atoms with Crippen molar-refractivity contribution in [3.8, 4) is 11.4 Å². The van der Waals surface area contributed by atoms with Gasteiger partial charge in [0.15, 0.2) is 6.10 Å². The van der Waals surface area contributed by atoms with Crippen LogP contribution >= 0.6 is 11.3 Å². The summed E-state index contributed by atoms with van der Waals surface area (Å²) >= 11 is 1.70. The number of halogens is 1. The third kappa shape index (κ3) is 4.56. The van der Waals surface area contributed by atoms with Crippen LogP contribution in [0.25, 0.3) is 11.4 Å². The van der Waals surface area contributed by atoms with Gasteiger partial charge in [0.05, 0.1) is 6.42 Å². The number of hydrogen-bond acceptors (Lipinski definition) is 7. The minimum atomic E-state index is -0.852. The molecule has 0 saturated carbocycles. The van der Waals surface area contributed by atoms with E-state index in [4.69, 9.17) is 9.26 Å². The Morgan fingerprint density at radius 3 is 2.90 bits per heavy atom. The van der Waals surface area contributed by atoms with E-state index in [1.165, 1.54) is 17.0 Å². The monoisotopic (exact) mass is 429 g/mol. The zero-order valence-electron chi connectivity index (χ0n) is 16.3. The van der Waals surface area contributed by atoms with Crippen LogP contribution in [0.3, 0.4) is 0 Å². The molecule has 1 aromatic carbocycles. The Balaban J connectivity index is 1.26. The molecule has 30 heavy (non-hydrogen) atoms. The second kappa shape index (κ2) is 8.74. The molecular formula is C21H20FN3O4S. The SMILES string of the molecule is CC(OC(=O)CCc1nc(-c2ccc(F)cc2)no1)C(=O)N1CCc2sccc2C1. The Hall–Kier alpha value is -3.07. The second-order valence-electron chi connectivity index (χ2n) is 7.03. The number of amides is 1. The molecule has 9 heteroatoms. The molecule has 0 N–H and O–H groups in total. The number of carbonyl (C=O) groups is 2. The summed E-state index contributed by atoms with van der Waals surface area (Å²) in [6.45, 7) is 2.76. The van der Waals surface area contributed by atoms with Crippen molar-refractivity contribution in [2.75, 3.05) is 6.54 Å². The lowest BCUT2D eigenvalue weighted by Crippen LogP contribution is -2.42. The summed E-state index contributed by atoms with van der Waals surface area (Å²) in [5.41, 5.74) is 1.77. The Kier molecular flexibility index (Phi) is 5.89. The number of esters is 1. The van der Waals surface area contributed by atoms with Crippen molar-refractivity contribution in [2.24, 2.45) is 0 Å². The topological polar surface area (TPSA) is 85.5 Å². The van der Waals surface area contributed by atoms with Crippen LogP contribution < -0.4 is 0 Å². The molecule has 2 aromatic heterocycles. The lowest BCUT2D eigenvalue weighted by atomic mass is 10.1. The van der Waals surface area contributed by atoms with E-state index in [1.807, 2.05) is 11.4 Å². The van der Waals surface area contributed by atoms with Gasteiger partial charge >= 0.3 is 5.97 Å². The number of carbonyl (C=O) groups excluding carboxylic acids is 2. The first kappa shape index (κ1) is 20.2. The standard InChI is InChI=1S/C21H20FN3O4S/c1-13(21(27)25-10-8-17-15(12-25)9-11-30-17)28-19(26)7-6-18-23-20(24-29-18)14-2-4-16(22)5-3-14/h2-5,9,11,13H,6-8,10,12H2,1H3. The highest BCUT2D eigenvalue weighted by Gasteiger charge is 2.27. The van der Waals surface area contributed by atoms with E-state index in [1.54, 1.807) is 35.3 Å². The minimum absolute atomic E-state index is 0.0113. The Morgan fingerprint density at radius 1 is 1.30 bits per heavy atom. The van der Waals surface area contributed by atoms with Crippen LogP contribution in [0.15, 0.2) is 40.2 Å². The molecule has 0 bridgehead atoms. The fraction of sp³-hybridized carbons (Fsp3) is 0.333. The van der Waals surface area contributed by atoms with Crippen molar-refractivity contribution in [3.63, 3.8) is 0 Å². The number of thiophene rings is 1. The molecule has 0 radical (unpaired) electrons. The Labute approximate surface area is 176 Å². The van der Waals surface area contributed by atoms with E-state index in [9.17, 15) is 14.0 Å². The van der Waals surface area contributed by atoms with Crippen LogP contribution in [0.1, 0.15) is 29.7 Å². The number of aromatic nitrogens is 2. The third-order valence-electron chi connectivity index (χ3n) is 4.89. The van der Waals surface area contributed by atoms with Crippen LogP contribution in [0.4, 0.5) is 4.39 Å². The summed E-state index contributed by atoms with van der Waals surface area (Å²) in [5, 5.41) is 5.87. The van der Waals surface area contributed by atoms with Gasteiger partial charge in [-0.3, -0.25) is 9.59 Å². The summed E-state index contributed by atoms with van der Waals surface area (Å²) in [6.07, 6.45) is 0.176. The molecule has 1 unspecified atom stereocenters. The highest BCUT2D eigenvalue weighted by atomic mass is 32.1. The predicted molar refractivity (Wildman–Crippen MR) is 107 cm³/mol. The molecule has 3 heterocycles. The van der Waals surface area contributed by atoms with Crippen molar-refractivity contribution in [3.05, 3.63) is 57.9 Å². The third-order valence-corrected chi connectivity index (χ3v) is 5.91. The largest absolute Gasteiger partial charge is 0.453 e. The molecule has 0 saturated heterocycles. The maximum absolute atomic E-state index is 13.0. The first-order valence-electron chi connectivity index (χ1n) is 9.61. The zero-order valence-corrected chi connectivity index (χ0v) is 17.2. The first-order chi connectivity index (χ1) is 14.5. The lowest BCUT2D eigenvalue weighted by Gasteiger charge is -2.29. The normalized spacial score (nSPS) is 14.3. The van der Waals surface area contributed by atoms with Gasteiger partial charge in [-0.1, -0.05) is 5.16 Å². The van der Waals surface area contributed by atoms with Crippen LogP contribution in [0, 0.1) is 5.82 Å². The van der Waals surface area contributed by atoms with Crippen molar-refractivity contribution >= 4 is 23.2 Å². The molecule has 0 aliphatic carbocycles. The molecule has 0 fully saturated rings. The summed E-state index contributed by atoms with van der Waals surface area (Å²) in [7, 11) is 0. The van der Waals surface area contributed by atoms with E-state index in [-0.39, 0.29) is 30.5 Å². The molecule has 1 atom stereocenters. The molecule has 3 aromatic rings. The van der Waals surface area contributed by atoms with E-state index in [2.05, 4.69) is 10.1 Å². The van der Waals surface area contributed by atoms with Crippen LogP contribution in [0.5, 0.6) is 0 Å². The average Bonchev–Trinajstić information content (AvgIpc) is 3.41. The van der Waals surface area contributed by atoms with Gasteiger partial charge in [-0.2, -0.15) is 4.98 Å². The quantitative estimate of drug-likeness (QED) is 0.559. The van der Waals surface area contributed by atoms with Gasteiger partial charge in [-0.25, -0.2) is 4.39 Å². The lowest BCUT2D eigenvalue weighted by molar-refractivity contribution is -0.159. The van der Waals surface area contributed by atoms with Crippen LogP contribution in [0.2, 0.25) is 0 Å². The average molecular weight is 429 g/mol. The summed E-state index contributed by atoms with van der Waals surface area (Å²) in [5.74, 6) is -0.470. The van der Waals surface area contributed by atoms with Crippen molar-refractivity contribution in [1.29, 1.82) is 0 Å². The smallest absolute Gasteiger partial charge is 0.307 e. The van der Waals surface area contributed by atoms with Gasteiger partial charge < -0.3 is 14.2 Å². The number of ether oxygens (including phenoxy) is 1. The summed E-state index contributed by atoms with van der Waals surface area (Å²) in [6, 6.07) is 7.74. The first-order valence-corrected chi connectivity index (χ1v) is 10.5. The maximum atomic E-state index is 13.0. The van der Waals surface area contributed by atoms with Gasteiger partial charge in [-0.05, 0) is 54.6 Å². The summed E-state index contributed by atoms with van der Waals surface area (Å²) in [4.78, 5) is 32.0. The van der Waals surface area contributed by atoms with Gasteiger partial charge in [0.1, 0.15) is 5.82 Å². The van der Waals surface area contributed by atoms with Gasteiger partial charge in [0.25, 0.3) is 5.91 Å². The molecule has 1 aliphatic heterocycles. The van der Waals surface area contributed by atoms with Gasteiger partial charge in [0, 0.05) is 30.0 Å². The highest BCUT2D eigenvalue weighted by molar-refractivity contribution is 7.10. The Bertz CT molecular complexity index is 1050. The number of rotatable bonds is 6. The van der Waals surface area contributed by atoms with Gasteiger partial charge in [-0.15, -0.1) is 11.3 Å². The molecule has 0 spiro atoms. The molecule has 1 aliphatic rings. The van der Waals surface area contributed by atoms with E-state index in [0.29, 0.717) is 24.5 Å². The molecular weight excluding hydrogens is 409 g/mol. The Morgan fingerprint density at radius 2 is 2.10 bits per heavy atom. The molecule has 4 rings (SSSR count). The predicted octanol–water partition coefficient (Wildman–Crippen LogP) is 3.39. The fourth-order valence-corrected chi connectivity index (χ4v) is 4.17. The number of aryl methyl sites for hydroxylation is 1. The van der Waals surface area contributed by atoms with E-state index < -0.39 is 12.1 Å². The number of fused-ring (bicyclic) bond motifs is 1. The number of hydrogen-bond donors (Lipinski definition) is 0. The van der Waals surface area contributed by atoms with Crippen molar-refractivity contribution in [2.45, 2.75) is 38.8 Å². The highest BCUT2D eigenvalue weighted by Crippen LogP contribution is 2.24. The number of benzene rings is 1. The van der Waals surface area contributed by atoms with Crippen molar-refractivity contribution < 1.29 is 23.2 Å². The molecule has 7 nitrogen and oxygen atoms in total. The minimum Gasteiger partial charge on any atom is -0.453 e. The van der Waals surface area contributed by atoms with Crippen LogP contribution in [-0.4, -0.2) is 39.6 Å². The molecule has 1 amide bonds. The number of nitrogens with zero attached hydrogens (tertiary/aromatic N) is 3. The summed E-state index contributed by atoms with van der Waals surface area (Å²) < 4.78 is 23.4. The fourth-order valence-electron chi connectivity index (χ4n) is 3.28. The van der Waals surface area contributed by atoms with Crippen molar-refractivity contribution in [1.82, 2.24) is 15.0 Å². The van der Waals surface area contributed by atoms with Gasteiger partial charge in [0.2, 0.25) is 11.7 Å².